The van der Waals surface area contributed by atoms with Gasteiger partial charge in [0.15, 0.2) is 0 Å². The fourth-order valence-electron chi connectivity index (χ4n) is 3.66. The molecule has 0 heterocycles. The van der Waals surface area contributed by atoms with Crippen molar-refractivity contribution >= 4 is 21.8 Å². The van der Waals surface area contributed by atoms with Crippen molar-refractivity contribution in [1.29, 1.82) is 0 Å². The molecule has 0 aromatic heterocycles. The number of carbonyl (C=O) groups is 2. The first-order valence-electron chi connectivity index (χ1n) is 12.0. The van der Waals surface area contributed by atoms with E-state index in [1.807, 2.05) is 30.3 Å². The zero-order valence-electron chi connectivity index (χ0n) is 20.4. The van der Waals surface area contributed by atoms with E-state index >= 15 is 0 Å². The SMILES string of the molecule is COCCCNC(=O)[C@@H](C)N(Cc1ccccc1)C(=O)CCc1ccc(S(=O)(=O)NC2CC2)cc1. The molecular weight excluding hydrogens is 466 g/mol. The number of sulfonamides is 1. The zero-order valence-corrected chi connectivity index (χ0v) is 21.2. The molecule has 0 unspecified atom stereocenters. The van der Waals surface area contributed by atoms with Crippen LogP contribution in [0, 0.1) is 0 Å². The van der Waals surface area contributed by atoms with Crippen molar-refractivity contribution in [3.8, 4) is 0 Å². The van der Waals surface area contributed by atoms with E-state index in [4.69, 9.17) is 4.74 Å². The second kappa shape index (κ2) is 12.8. The summed E-state index contributed by atoms with van der Waals surface area (Å²) in [5, 5.41) is 2.87. The van der Waals surface area contributed by atoms with Crippen molar-refractivity contribution in [2.45, 2.75) is 62.6 Å². The Labute approximate surface area is 208 Å². The average Bonchev–Trinajstić information content (AvgIpc) is 3.67. The van der Waals surface area contributed by atoms with Gasteiger partial charge < -0.3 is 15.0 Å². The lowest BCUT2D eigenvalue weighted by molar-refractivity contribution is -0.140. The largest absolute Gasteiger partial charge is 0.385 e. The molecule has 3 rings (SSSR count). The van der Waals surface area contributed by atoms with Crippen LogP contribution in [0.3, 0.4) is 0 Å². The first kappa shape index (κ1) is 26.8. The normalized spacial score (nSPS) is 14.3. The number of amides is 2. The van der Waals surface area contributed by atoms with Crippen molar-refractivity contribution in [3.05, 3.63) is 65.7 Å². The third kappa shape index (κ3) is 8.45. The summed E-state index contributed by atoms with van der Waals surface area (Å²) in [7, 11) is -1.89. The van der Waals surface area contributed by atoms with Gasteiger partial charge >= 0.3 is 0 Å². The van der Waals surface area contributed by atoms with Gasteiger partial charge in [-0.1, -0.05) is 42.5 Å². The Bertz CT molecular complexity index is 1070. The minimum absolute atomic E-state index is 0.0482. The number of nitrogens with one attached hydrogen (secondary N) is 2. The van der Waals surface area contributed by atoms with Crippen LogP contribution >= 0.6 is 0 Å². The van der Waals surface area contributed by atoms with Crippen LogP contribution in [-0.4, -0.2) is 57.5 Å². The molecule has 2 N–H and O–H groups in total. The predicted octanol–water partition coefficient (Wildman–Crippen LogP) is 2.63. The molecule has 9 heteroatoms. The summed E-state index contributed by atoms with van der Waals surface area (Å²) >= 11 is 0. The molecule has 2 aromatic carbocycles. The number of aryl methyl sites for hydroxylation is 1. The number of carbonyl (C=O) groups excluding carboxylic acids is 2. The molecule has 1 atom stereocenters. The van der Waals surface area contributed by atoms with Gasteiger partial charge in [-0.3, -0.25) is 9.59 Å². The molecule has 2 aromatic rings. The molecule has 1 fully saturated rings. The molecule has 1 saturated carbocycles. The lowest BCUT2D eigenvalue weighted by Crippen LogP contribution is -2.48. The minimum Gasteiger partial charge on any atom is -0.385 e. The highest BCUT2D eigenvalue weighted by atomic mass is 32.2. The number of hydrogen-bond donors (Lipinski definition) is 2. The Balaban J connectivity index is 1.62. The predicted molar refractivity (Wildman–Crippen MR) is 134 cm³/mol. The van der Waals surface area contributed by atoms with E-state index in [9.17, 15) is 18.0 Å². The van der Waals surface area contributed by atoms with Crippen LogP contribution in [0.1, 0.15) is 43.7 Å². The summed E-state index contributed by atoms with van der Waals surface area (Å²) in [4.78, 5) is 27.8. The maximum absolute atomic E-state index is 13.2. The van der Waals surface area contributed by atoms with Crippen LogP contribution in [0.25, 0.3) is 0 Å². The summed E-state index contributed by atoms with van der Waals surface area (Å²) in [6.45, 7) is 3.10. The van der Waals surface area contributed by atoms with Gasteiger partial charge in [0.2, 0.25) is 21.8 Å². The number of ether oxygens (including phenoxy) is 1. The molecule has 0 radical (unpaired) electrons. The molecule has 2 amide bonds. The lowest BCUT2D eigenvalue weighted by atomic mass is 10.1. The first-order chi connectivity index (χ1) is 16.8. The fraction of sp³-hybridized carbons (Fsp3) is 0.462. The van der Waals surface area contributed by atoms with Gasteiger partial charge in [0.25, 0.3) is 0 Å². The van der Waals surface area contributed by atoms with Gasteiger partial charge in [0.05, 0.1) is 4.90 Å². The molecule has 0 spiro atoms. The number of benzene rings is 2. The number of methoxy groups -OCH3 is 1. The topological polar surface area (TPSA) is 105 Å². The Kier molecular flexibility index (Phi) is 9.83. The summed E-state index contributed by atoms with van der Waals surface area (Å²) in [6.07, 6.45) is 3.11. The van der Waals surface area contributed by atoms with E-state index in [2.05, 4.69) is 10.0 Å². The van der Waals surface area contributed by atoms with E-state index < -0.39 is 16.1 Å². The van der Waals surface area contributed by atoms with Crippen LogP contribution < -0.4 is 10.0 Å². The third-order valence-electron chi connectivity index (χ3n) is 5.95. The highest BCUT2D eigenvalue weighted by molar-refractivity contribution is 7.89. The van der Waals surface area contributed by atoms with E-state index in [-0.39, 0.29) is 29.2 Å². The average molecular weight is 502 g/mol. The fourth-order valence-corrected chi connectivity index (χ4v) is 4.96. The Hall–Kier alpha value is -2.75. The highest BCUT2D eigenvalue weighted by Crippen LogP contribution is 2.22. The van der Waals surface area contributed by atoms with Crippen LogP contribution in [0.5, 0.6) is 0 Å². The molecule has 1 aliphatic rings. The van der Waals surface area contributed by atoms with Gasteiger partial charge in [-0.05, 0) is 55.9 Å². The number of hydrogen-bond acceptors (Lipinski definition) is 5. The van der Waals surface area contributed by atoms with E-state index in [0.29, 0.717) is 32.5 Å². The molecule has 8 nitrogen and oxygen atoms in total. The molecule has 35 heavy (non-hydrogen) atoms. The summed E-state index contributed by atoms with van der Waals surface area (Å²) < 4.78 is 32.4. The molecular formula is C26H35N3O5S. The van der Waals surface area contributed by atoms with Crippen molar-refractivity contribution in [1.82, 2.24) is 14.9 Å². The first-order valence-corrected chi connectivity index (χ1v) is 13.5. The van der Waals surface area contributed by atoms with Crippen LogP contribution in [0.2, 0.25) is 0 Å². The standard InChI is InChI=1S/C26H35N3O5S/c1-20(26(31)27-17-6-18-34-2)29(19-22-7-4-3-5-8-22)25(30)16-11-21-9-14-24(15-10-21)35(32,33)28-23-12-13-23/h3-5,7-10,14-15,20,23,28H,6,11-13,16-19H2,1-2H3,(H,27,31)/t20-/m1/s1. The van der Waals surface area contributed by atoms with Crippen LogP contribution in [0.4, 0.5) is 0 Å². The third-order valence-corrected chi connectivity index (χ3v) is 7.48. The minimum atomic E-state index is -3.50. The molecule has 0 bridgehead atoms. The monoisotopic (exact) mass is 501 g/mol. The Morgan fingerprint density at radius 1 is 1.06 bits per heavy atom. The zero-order chi connectivity index (χ0) is 25.3. The Morgan fingerprint density at radius 2 is 1.74 bits per heavy atom. The maximum Gasteiger partial charge on any atom is 0.242 e. The summed E-state index contributed by atoms with van der Waals surface area (Å²) in [6, 6.07) is 15.6. The van der Waals surface area contributed by atoms with Crippen molar-refractivity contribution in [2.24, 2.45) is 0 Å². The van der Waals surface area contributed by atoms with Gasteiger partial charge in [0, 0.05) is 39.3 Å². The lowest BCUT2D eigenvalue weighted by Gasteiger charge is -2.29. The van der Waals surface area contributed by atoms with Gasteiger partial charge in [-0.2, -0.15) is 0 Å². The van der Waals surface area contributed by atoms with Gasteiger partial charge in [-0.15, -0.1) is 0 Å². The van der Waals surface area contributed by atoms with Gasteiger partial charge in [0.1, 0.15) is 6.04 Å². The van der Waals surface area contributed by atoms with Gasteiger partial charge in [-0.25, -0.2) is 13.1 Å². The van der Waals surface area contributed by atoms with Crippen LogP contribution in [-0.2, 0) is 37.3 Å². The van der Waals surface area contributed by atoms with Crippen molar-refractivity contribution in [2.75, 3.05) is 20.3 Å². The molecule has 0 saturated heterocycles. The van der Waals surface area contributed by atoms with Crippen molar-refractivity contribution < 1.29 is 22.7 Å². The quantitative estimate of drug-likeness (QED) is 0.387. The number of nitrogens with zero attached hydrogens (tertiary/aromatic N) is 1. The van der Waals surface area contributed by atoms with Crippen molar-refractivity contribution in [3.63, 3.8) is 0 Å². The van der Waals surface area contributed by atoms with Crippen LogP contribution in [0.15, 0.2) is 59.5 Å². The summed E-state index contributed by atoms with van der Waals surface area (Å²) in [5.74, 6) is -0.344. The molecule has 0 aliphatic heterocycles. The van der Waals surface area contributed by atoms with E-state index in [1.54, 1.807) is 43.2 Å². The second-order valence-electron chi connectivity index (χ2n) is 8.86. The summed E-state index contributed by atoms with van der Waals surface area (Å²) in [5.41, 5.74) is 1.80. The van der Waals surface area contributed by atoms with E-state index in [0.717, 1.165) is 24.0 Å². The second-order valence-corrected chi connectivity index (χ2v) is 10.6. The number of rotatable bonds is 14. The maximum atomic E-state index is 13.2. The smallest absolute Gasteiger partial charge is 0.242 e. The molecule has 1 aliphatic carbocycles. The molecule has 190 valence electrons. The van der Waals surface area contributed by atoms with E-state index in [1.165, 1.54) is 0 Å². The highest BCUT2D eigenvalue weighted by Gasteiger charge is 2.28. The Morgan fingerprint density at radius 3 is 2.37 bits per heavy atom.